The van der Waals surface area contributed by atoms with Crippen LogP contribution in [0.15, 0.2) is 6.20 Å². The van der Waals surface area contributed by atoms with Gasteiger partial charge in [-0.15, -0.1) is 0 Å². The molecule has 0 aromatic carbocycles. The smallest absolute Gasteiger partial charge is 0.102 e. The quantitative estimate of drug-likeness (QED) is 0.730. The third-order valence-corrected chi connectivity index (χ3v) is 3.03. The zero-order chi connectivity index (χ0) is 10.0. The van der Waals surface area contributed by atoms with Crippen molar-refractivity contribution in [3.63, 3.8) is 0 Å². The van der Waals surface area contributed by atoms with Crippen molar-refractivity contribution in [3.05, 3.63) is 11.9 Å². The van der Waals surface area contributed by atoms with Crippen LogP contribution in [-0.2, 0) is 12.6 Å². The zero-order valence-electron chi connectivity index (χ0n) is 8.95. The van der Waals surface area contributed by atoms with Gasteiger partial charge in [-0.05, 0) is 26.3 Å². The molecule has 4 nitrogen and oxygen atoms in total. The minimum atomic E-state index is 0.0325. The molecular formula is C10H18N4. The van der Waals surface area contributed by atoms with Crippen molar-refractivity contribution in [3.8, 4) is 0 Å². The number of rotatable bonds is 1. The molecule has 1 aromatic heterocycles. The molecule has 0 saturated carbocycles. The Labute approximate surface area is 84.7 Å². The molecule has 1 saturated heterocycles. The highest BCUT2D eigenvalue weighted by molar-refractivity contribution is 5.09. The van der Waals surface area contributed by atoms with Gasteiger partial charge in [-0.3, -0.25) is 0 Å². The Morgan fingerprint density at radius 3 is 3.00 bits per heavy atom. The fourth-order valence-corrected chi connectivity index (χ4v) is 2.05. The largest absolute Gasteiger partial charge is 0.306 e. The van der Waals surface area contributed by atoms with Gasteiger partial charge in [0.05, 0.1) is 11.7 Å². The maximum Gasteiger partial charge on any atom is 0.102 e. The summed E-state index contributed by atoms with van der Waals surface area (Å²) < 4.78 is 0. The Kier molecular flexibility index (Phi) is 2.54. The van der Waals surface area contributed by atoms with Crippen LogP contribution >= 0.6 is 0 Å². The number of hydrogen-bond donors (Lipinski definition) is 1. The van der Waals surface area contributed by atoms with E-state index in [0.717, 1.165) is 18.7 Å². The fourth-order valence-electron chi connectivity index (χ4n) is 2.05. The van der Waals surface area contributed by atoms with E-state index in [1.807, 2.05) is 13.2 Å². The van der Waals surface area contributed by atoms with Crippen LogP contribution in [0.25, 0.3) is 0 Å². The molecule has 1 aliphatic rings. The van der Waals surface area contributed by atoms with Gasteiger partial charge in [0.2, 0.25) is 0 Å². The van der Waals surface area contributed by atoms with Crippen LogP contribution in [-0.4, -0.2) is 21.5 Å². The van der Waals surface area contributed by atoms with E-state index < -0.39 is 0 Å². The lowest BCUT2D eigenvalue weighted by molar-refractivity contribution is 0.346. The molecule has 2 heterocycles. The minimum absolute atomic E-state index is 0.0325. The van der Waals surface area contributed by atoms with Crippen LogP contribution in [0.5, 0.6) is 0 Å². The number of nitrogens with one attached hydrogen (secondary N) is 1. The van der Waals surface area contributed by atoms with Gasteiger partial charge in [-0.25, -0.2) is 0 Å². The molecule has 78 valence electrons. The molecule has 0 aliphatic carbocycles. The third kappa shape index (κ3) is 1.80. The summed E-state index contributed by atoms with van der Waals surface area (Å²) in [4.78, 5) is 1.63. The minimum Gasteiger partial charge on any atom is -0.306 e. The number of hydrogen-bond acceptors (Lipinski definition) is 3. The molecule has 2 rings (SSSR count). The number of aryl methyl sites for hydroxylation is 1. The van der Waals surface area contributed by atoms with Gasteiger partial charge in [0, 0.05) is 7.05 Å². The van der Waals surface area contributed by atoms with E-state index >= 15 is 0 Å². The predicted molar refractivity (Wildman–Crippen MR) is 54.8 cm³/mol. The molecule has 1 aliphatic heterocycles. The average Bonchev–Trinajstić information content (AvgIpc) is 2.47. The van der Waals surface area contributed by atoms with Gasteiger partial charge < -0.3 is 5.32 Å². The lowest BCUT2D eigenvalue weighted by Gasteiger charge is -2.26. The van der Waals surface area contributed by atoms with Gasteiger partial charge in [-0.2, -0.15) is 15.0 Å². The summed E-state index contributed by atoms with van der Waals surface area (Å²) in [5.74, 6) is 0. The second-order valence-corrected chi connectivity index (χ2v) is 4.29. The molecule has 1 N–H and O–H groups in total. The first kappa shape index (κ1) is 9.65. The van der Waals surface area contributed by atoms with Crippen molar-refractivity contribution in [1.29, 1.82) is 0 Å². The first-order valence-corrected chi connectivity index (χ1v) is 5.32. The highest BCUT2D eigenvalue weighted by Crippen LogP contribution is 2.27. The van der Waals surface area contributed by atoms with E-state index in [2.05, 4.69) is 22.4 Å². The van der Waals surface area contributed by atoms with Crippen molar-refractivity contribution < 1.29 is 0 Å². The maximum atomic E-state index is 4.39. The van der Waals surface area contributed by atoms with Gasteiger partial charge >= 0.3 is 0 Å². The van der Waals surface area contributed by atoms with Gasteiger partial charge in [0.15, 0.2) is 0 Å². The summed E-state index contributed by atoms with van der Waals surface area (Å²) in [6.07, 6.45) is 6.91. The topological polar surface area (TPSA) is 42.7 Å². The van der Waals surface area contributed by atoms with E-state index in [-0.39, 0.29) is 5.54 Å². The van der Waals surface area contributed by atoms with Crippen LogP contribution in [0.2, 0.25) is 0 Å². The summed E-state index contributed by atoms with van der Waals surface area (Å²) in [7, 11) is 1.86. The van der Waals surface area contributed by atoms with Crippen LogP contribution < -0.4 is 5.32 Å². The summed E-state index contributed by atoms with van der Waals surface area (Å²) in [6.45, 7) is 3.31. The molecule has 1 aromatic rings. The van der Waals surface area contributed by atoms with Crippen molar-refractivity contribution >= 4 is 0 Å². The normalized spacial score (nSPS) is 28.7. The van der Waals surface area contributed by atoms with E-state index in [4.69, 9.17) is 0 Å². The average molecular weight is 194 g/mol. The molecule has 1 fully saturated rings. The lowest BCUT2D eigenvalue weighted by Crippen LogP contribution is -2.39. The number of nitrogens with zero attached hydrogens (tertiary/aromatic N) is 3. The van der Waals surface area contributed by atoms with Crippen molar-refractivity contribution in [2.45, 2.75) is 38.1 Å². The Bertz CT molecular complexity index is 297. The van der Waals surface area contributed by atoms with E-state index in [1.165, 1.54) is 19.3 Å². The summed E-state index contributed by atoms with van der Waals surface area (Å²) in [5.41, 5.74) is 1.10. The standard InChI is InChI=1S/C10H18N4/c1-10(6-4-3-5-7-11-10)9-8-12-14(2)13-9/h8,11H,3-7H2,1-2H3. The van der Waals surface area contributed by atoms with Crippen LogP contribution in [0.4, 0.5) is 0 Å². The lowest BCUT2D eigenvalue weighted by atomic mass is 9.93. The summed E-state index contributed by atoms with van der Waals surface area (Å²) in [5, 5.41) is 12.1. The highest BCUT2D eigenvalue weighted by atomic mass is 15.5. The van der Waals surface area contributed by atoms with E-state index in [0.29, 0.717) is 0 Å². The Hall–Kier alpha value is -0.900. The highest BCUT2D eigenvalue weighted by Gasteiger charge is 2.29. The van der Waals surface area contributed by atoms with Gasteiger partial charge in [-0.1, -0.05) is 12.8 Å². The molecular weight excluding hydrogens is 176 g/mol. The van der Waals surface area contributed by atoms with Crippen LogP contribution in [0, 0.1) is 0 Å². The third-order valence-electron chi connectivity index (χ3n) is 3.03. The van der Waals surface area contributed by atoms with Gasteiger partial charge in [0.25, 0.3) is 0 Å². The van der Waals surface area contributed by atoms with Crippen LogP contribution in [0.3, 0.4) is 0 Å². The van der Waals surface area contributed by atoms with Crippen molar-refractivity contribution in [1.82, 2.24) is 20.3 Å². The molecule has 1 unspecified atom stereocenters. The van der Waals surface area contributed by atoms with Crippen molar-refractivity contribution in [2.75, 3.05) is 6.54 Å². The molecule has 0 bridgehead atoms. The van der Waals surface area contributed by atoms with Crippen LogP contribution in [0.1, 0.15) is 38.3 Å². The summed E-state index contributed by atoms with van der Waals surface area (Å²) >= 11 is 0. The molecule has 1 atom stereocenters. The molecule has 0 radical (unpaired) electrons. The van der Waals surface area contributed by atoms with Gasteiger partial charge in [0.1, 0.15) is 5.69 Å². The second-order valence-electron chi connectivity index (χ2n) is 4.29. The molecule has 0 amide bonds. The summed E-state index contributed by atoms with van der Waals surface area (Å²) in [6, 6.07) is 0. The predicted octanol–water partition coefficient (Wildman–Crippen LogP) is 1.19. The van der Waals surface area contributed by atoms with Crippen molar-refractivity contribution in [2.24, 2.45) is 7.05 Å². The Balaban J connectivity index is 2.20. The zero-order valence-corrected chi connectivity index (χ0v) is 8.95. The Morgan fingerprint density at radius 1 is 1.43 bits per heavy atom. The SMILES string of the molecule is Cn1ncc(C2(C)CCCCCN2)n1. The molecule has 0 spiro atoms. The van der Waals surface area contributed by atoms with E-state index in [1.54, 1.807) is 4.80 Å². The molecule has 4 heteroatoms. The Morgan fingerprint density at radius 2 is 2.29 bits per heavy atom. The molecule has 14 heavy (non-hydrogen) atoms. The monoisotopic (exact) mass is 194 g/mol. The number of aromatic nitrogens is 3. The first-order chi connectivity index (χ1) is 6.71. The first-order valence-electron chi connectivity index (χ1n) is 5.32. The maximum absolute atomic E-state index is 4.39. The fraction of sp³-hybridized carbons (Fsp3) is 0.800. The van der Waals surface area contributed by atoms with E-state index in [9.17, 15) is 0 Å². The second kappa shape index (κ2) is 3.69.